The molecule has 0 spiro atoms. The van der Waals surface area contributed by atoms with Crippen molar-refractivity contribution < 1.29 is 14.5 Å². The lowest BCUT2D eigenvalue weighted by Crippen LogP contribution is -2.03. The van der Waals surface area contributed by atoms with Crippen molar-refractivity contribution >= 4 is 38.8 Å². The van der Waals surface area contributed by atoms with Gasteiger partial charge in [-0.3, -0.25) is 10.1 Å². The van der Waals surface area contributed by atoms with Crippen molar-refractivity contribution in [3.05, 3.63) is 74.4 Å². The zero-order valence-electron chi connectivity index (χ0n) is 11.8. The van der Waals surface area contributed by atoms with Gasteiger partial charge in [-0.1, -0.05) is 28.1 Å². The third-order valence-electron chi connectivity index (χ3n) is 3.36. The predicted octanol–water partition coefficient (Wildman–Crippen LogP) is 3.74. The summed E-state index contributed by atoms with van der Waals surface area (Å²) < 4.78 is 6.02. The van der Waals surface area contributed by atoms with Crippen molar-refractivity contribution in [1.29, 1.82) is 0 Å². The molecule has 0 unspecified atom stereocenters. The van der Waals surface area contributed by atoms with Crippen molar-refractivity contribution in [1.82, 2.24) is 0 Å². The lowest BCUT2D eigenvalue weighted by atomic mass is 10.1. The smallest absolute Gasteiger partial charge is 0.341 e. The number of nitrogens with one attached hydrogen (secondary N) is 1. The first-order valence-electron chi connectivity index (χ1n) is 6.72. The van der Waals surface area contributed by atoms with Crippen LogP contribution in [0.1, 0.15) is 5.56 Å². The molecule has 1 N–H and O–H groups in total. The fourth-order valence-electron chi connectivity index (χ4n) is 2.25. The van der Waals surface area contributed by atoms with E-state index < -0.39 is 10.9 Å². The van der Waals surface area contributed by atoms with Crippen LogP contribution in [-0.4, -0.2) is 17.5 Å². The van der Waals surface area contributed by atoms with E-state index in [0.29, 0.717) is 17.0 Å². The minimum atomic E-state index is -0.460. The number of esters is 1. The van der Waals surface area contributed by atoms with E-state index in [-0.39, 0.29) is 12.3 Å². The van der Waals surface area contributed by atoms with Gasteiger partial charge in [0.15, 0.2) is 0 Å². The van der Waals surface area contributed by atoms with E-state index in [4.69, 9.17) is 4.74 Å². The Morgan fingerprint density at radius 1 is 1.09 bits per heavy atom. The largest absolute Gasteiger partial charge is 0.456 e. The number of halogens is 1. The summed E-state index contributed by atoms with van der Waals surface area (Å²) in [6, 6.07) is 13.3. The van der Waals surface area contributed by atoms with E-state index in [9.17, 15) is 14.9 Å². The highest BCUT2D eigenvalue weighted by atomic mass is 79.9. The van der Waals surface area contributed by atoms with Crippen molar-refractivity contribution in [3.8, 4) is 0 Å². The molecule has 0 amide bonds. The van der Waals surface area contributed by atoms with Crippen LogP contribution in [0.3, 0.4) is 0 Å². The summed E-state index contributed by atoms with van der Waals surface area (Å²) in [5.41, 5.74) is 2.51. The van der Waals surface area contributed by atoms with Gasteiger partial charge in [-0.2, -0.15) is 0 Å². The molecule has 0 bridgehead atoms. The lowest BCUT2D eigenvalue weighted by molar-refractivity contribution is -0.384. The molecule has 2 aromatic rings. The predicted molar refractivity (Wildman–Crippen MR) is 88.7 cm³/mol. The number of benzene rings is 2. The molecule has 1 aliphatic heterocycles. The fourth-order valence-corrected chi connectivity index (χ4v) is 2.52. The van der Waals surface area contributed by atoms with Gasteiger partial charge in [0.05, 0.1) is 16.2 Å². The summed E-state index contributed by atoms with van der Waals surface area (Å²) in [7, 11) is 0. The van der Waals surface area contributed by atoms with Crippen molar-refractivity contribution in [3.63, 3.8) is 0 Å². The van der Waals surface area contributed by atoms with Gasteiger partial charge in [0.2, 0.25) is 0 Å². The average Bonchev–Trinajstić information content (AvgIpc) is 2.89. The molecule has 23 heavy (non-hydrogen) atoms. The number of carbonyl (C=O) groups excluding carboxylic acids is 1. The molecule has 0 aromatic heterocycles. The van der Waals surface area contributed by atoms with Gasteiger partial charge in [-0.25, -0.2) is 4.79 Å². The maximum Gasteiger partial charge on any atom is 0.341 e. The van der Waals surface area contributed by atoms with E-state index in [1.165, 1.54) is 12.1 Å². The topological polar surface area (TPSA) is 81.5 Å². The van der Waals surface area contributed by atoms with E-state index in [2.05, 4.69) is 21.2 Å². The Labute approximate surface area is 140 Å². The molecular formula is C16H11BrN2O4. The number of nitro groups is 1. The molecule has 3 rings (SSSR count). The summed E-state index contributed by atoms with van der Waals surface area (Å²) in [5, 5.41) is 13.8. The molecule has 6 nitrogen and oxygen atoms in total. The van der Waals surface area contributed by atoms with E-state index in [0.717, 1.165) is 10.0 Å². The number of rotatable bonds is 4. The first kappa shape index (κ1) is 15.2. The Morgan fingerprint density at radius 2 is 1.74 bits per heavy atom. The molecule has 0 aliphatic carbocycles. The van der Waals surface area contributed by atoms with Gasteiger partial charge in [0.25, 0.3) is 5.69 Å². The van der Waals surface area contributed by atoms with Crippen molar-refractivity contribution in [2.45, 2.75) is 0 Å². The molecule has 0 radical (unpaired) electrons. The minimum absolute atomic E-state index is 0.0106. The maximum absolute atomic E-state index is 12.0. The van der Waals surface area contributed by atoms with Gasteiger partial charge in [0.1, 0.15) is 6.61 Å². The fraction of sp³-hybridized carbons (Fsp3) is 0.0625. The second-order valence-electron chi connectivity index (χ2n) is 4.87. The summed E-state index contributed by atoms with van der Waals surface area (Å²) in [6.45, 7) is 0.140. The molecule has 1 aliphatic rings. The molecule has 0 saturated heterocycles. The molecule has 1 heterocycles. The van der Waals surface area contributed by atoms with E-state index in [1.807, 2.05) is 24.3 Å². The summed E-state index contributed by atoms with van der Waals surface area (Å²) in [4.78, 5) is 22.2. The zero-order valence-corrected chi connectivity index (χ0v) is 13.4. The highest BCUT2D eigenvalue weighted by Gasteiger charge is 2.26. The lowest BCUT2D eigenvalue weighted by Gasteiger charge is -2.08. The third-order valence-corrected chi connectivity index (χ3v) is 3.89. The number of anilines is 1. The standard InChI is InChI=1S/C16H11BrN2O4/c17-11-3-1-10(2-4-11)15-14(9-23-16(15)20)18-12-5-7-13(8-6-12)19(21)22/h1-8,18H,9H2. The van der Waals surface area contributed by atoms with Crippen LogP contribution < -0.4 is 5.32 Å². The first-order chi connectivity index (χ1) is 11.0. The molecule has 0 fully saturated rings. The molecule has 0 atom stereocenters. The Kier molecular flexibility index (Phi) is 4.12. The highest BCUT2D eigenvalue weighted by molar-refractivity contribution is 9.10. The molecule has 7 heteroatoms. The SMILES string of the molecule is O=C1OCC(Nc2ccc([N+](=O)[O-])cc2)=C1c1ccc(Br)cc1. The van der Waals surface area contributed by atoms with Crippen molar-refractivity contribution in [2.75, 3.05) is 11.9 Å². The summed E-state index contributed by atoms with van der Waals surface area (Å²) in [5.74, 6) is -0.392. The van der Waals surface area contributed by atoms with Crippen LogP contribution in [0.15, 0.2) is 58.7 Å². The van der Waals surface area contributed by atoms with Crippen LogP contribution >= 0.6 is 15.9 Å². The maximum atomic E-state index is 12.0. The van der Waals surface area contributed by atoms with Gasteiger partial charge < -0.3 is 10.1 Å². The first-order valence-corrected chi connectivity index (χ1v) is 7.51. The van der Waals surface area contributed by atoms with Gasteiger partial charge in [0, 0.05) is 22.3 Å². The van der Waals surface area contributed by atoms with Gasteiger partial charge in [-0.15, -0.1) is 0 Å². The monoisotopic (exact) mass is 374 g/mol. The Hall–Kier alpha value is -2.67. The van der Waals surface area contributed by atoms with E-state index in [1.54, 1.807) is 12.1 Å². The number of hydrogen-bond donors (Lipinski definition) is 1. The molecular weight excluding hydrogens is 364 g/mol. The average molecular weight is 375 g/mol. The van der Waals surface area contributed by atoms with Crippen LogP contribution in [0, 0.1) is 10.1 Å². The van der Waals surface area contributed by atoms with Crippen LogP contribution in [0.4, 0.5) is 11.4 Å². The number of non-ortho nitro benzene ring substituents is 1. The van der Waals surface area contributed by atoms with Crippen molar-refractivity contribution in [2.24, 2.45) is 0 Å². The second kappa shape index (κ2) is 6.21. The molecule has 116 valence electrons. The third kappa shape index (κ3) is 3.24. The Bertz CT molecular complexity index is 798. The summed E-state index contributed by atoms with van der Waals surface area (Å²) in [6.07, 6.45) is 0. The molecule has 0 saturated carbocycles. The number of carbonyl (C=O) groups is 1. The van der Waals surface area contributed by atoms with Gasteiger partial charge >= 0.3 is 5.97 Å². The highest BCUT2D eigenvalue weighted by Crippen LogP contribution is 2.28. The number of nitrogens with zero attached hydrogens (tertiary/aromatic N) is 1. The number of nitro benzene ring substituents is 1. The van der Waals surface area contributed by atoms with Gasteiger partial charge in [-0.05, 0) is 29.8 Å². The van der Waals surface area contributed by atoms with Crippen LogP contribution in [0.25, 0.3) is 5.57 Å². The number of hydrogen-bond acceptors (Lipinski definition) is 5. The summed E-state index contributed by atoms with van der Waals surface area (Å²) >= 11 is 3.35. The van der Waals surface area contributed by atoms with Crippen LogP contribution in [0.5, 0.6) is 0 Å². The van der Waals surface area contributed by atoms with Crippen LogP contribution in [-0.2, 0) is 9.53 Å². The number of cyclic esters (lactones) is 1. The van der Waals surface area contributed by atoms with Crippen LogP contribution in [0.2, 0.25) is 0 Å². The Balaban J connectivity index is 1.91. The normalized spacial score (nSPS) is 13.9. The quantitative estimate of drug-likeness (QED) is 0.500. The molecule has 2 aromatic carbocycles. The second-order valence-corrected chi connectivity index (χ2v) is 5.78. The zero-order chi connectivity index (χ0) is 16.4. The van der Waals surface area contributed by atoms with E-state index >= 15 is 0 Å². The minimum Gasteiger partial charge on any atom is -0.456 e. The number of ether oxygens (including phenoxy) is 1. The Morgan fingerprint density at radius 3 is 2.35 bits per heavy atom.